The molecule has 1 aromatic carbocycles. The van der Waals surface area contributed by atoms with Gasteiger partial charge in [0.15, 0.2) is 11.5 Å². The van der Waals surface area contributed by atoms with Crippen LogP contribution in [0.25, 0.3) is 21.4 Å². The molecule has 2 aliphatic heterocycles. The van der Waals surface area contributed by atoms with Crippen molar-refractivity contribution in [2.75, 3.05) is 49.5 Å². The highest BCUT2D eigenvalue weighted by atomic mass is 32.1. The lowest BCUT2D eigenvalue weighted by Gasteiger charge is -2.27. The largest absolute Gasteiger partial charge is 0.490 e. The van der Waals surface area contributed by atoms with Gasteiger partial charge in [-0.05, 0) is 17.7 Å². The van der Waals surface area contributed by atoms with Crippen LogP contribution < -0.4 is 25.7 Å². The van der Waals surface area contributed by atoms with Gasteiger partial charge in [0.2, 0.25) is 5.43 Å². The summed E-state index contributed by atoms with van der Waals surface area (Å²) in [5.74, 6) is 1.52. The molecule has 26 heavy (non-hydrogen) atoms. The number of fused-ring (bicyclic) bond motifs is 2. The lowest BCUT2D eigenvalue weighted by molar-refractivity contribution is 0.323. The summed E-state index contributed by atoms with van der Waals surface area (Å²) in [6.45, 7) is 4.95. The van der Waals surface area contributed by atoms with Gasteiger partial charge in [0.25, 0.3) is 0 Å². The van der Waals surface area contributed by atoms with E-state index in [9.17, 15) is 4.79 Å². The Morgan fingerprint density at radius 3 is 2.88 bits per heavy atom. The molecular weight excluding hydrogens is 350 g/mol. The summed E-state index contributed by atoms with van der Waals surface area (Å²) in [6.07, 6.45) is 0. The normalized spacial score (nSPS) is 16.8. The van der Waals surface area contributed by atoms with E-state index in [1.54, 1.807) is 6.07 Å². The quantitative estimate of drug-likeness (QED) is 0.724. The first kappa shape index (κ1) is 15.7. The summed E-state index contributed by atoms with van der Waals surface area (Å²) in [5.41, 5.74) is 3.65. The SMILES string of the molecule is O=c1cc(N2CCNCC2)oc2c(-c3ccc4c(c3)NCCO4)csc12. The van der Waals surface area contributed by atoms with E-state index < -0.39 is 0 Å². The molecule has 0 unspecified atom stereocenters. The van der Waals surface area contributed by atoms with Gasteiger partial charge in [0, 0.05) is 49.7 Å². The second-order valence-corrected chi connectivity index (χ2v) is 7.36. The molecule has 0 saturated carbocycles. The molecule has 0 amide bonds. The van der Waals surface area contributed by atoms with E-state index in [1.807, 2.05) is 17.5 Å². The van der Waals surface area contributed by atoms with E-state index in [1.165, 1.54) is 11.3 Å². The Bertz CT molecular complexity index is 1020. The van der Waals surface area contributed by atoms with Crippen LogP contribution in [0.3, 0.4) is 0 Å². The molecule has 2 N–H and O–H groups in total. The fraction of sp³-hybridized carbons (Fsp3) is 0.316. The monoisotopic (exact) mass is 369 g/mol. The highest BCUT2D eigenvalue weighted by Crippen LogP contribution is 2.38. The molecule has 0 radical (unpaired) electrons. The van der Waals surface area contributed by atoms with Crippen molar-refractivity contribution >= 4 is 33.2 Å². The van der Waals surface area contributed by atoms with Gasteiger partial charge in [-0.3, -0.25) is 4.79 Å². The van der Waals surface area contributed by atoms with Crippen LogP contribution >= 0.6 is 11.3 Å². The standard InChI is InChI=1S/C19H19N3O3S/c23-15-10-17(22-6-3-20-4-7-22)25-18-13(11-26-19(15)18)12-1-2-16-14(9-12)21-5-8-24-16/h1-2,9-11,20-21H,3-8H2. The summed E-state index contributed by atoms with van der Waals surface area (Å²) in [6, 6.07) is 7.67. The Morgan fingerprint density at radius 2 is 2.00 bits per heavy atom. The van der Waals surface area contributed by atoms with Gasteiger partial charge in [0.1, 0.15) is 17.1 Å². The minimum absolute atomic E-state index is 0.0236. The Labute approximate surface area is 154 Å². The summed E-state index contributed by atoms with van der Waals surface area (Å²) in [4.78, 5) is 14.7. The van der Waals surface area contributed by atoms with Crippen LogP contribution in [0.15, 0.2) is 38.9 Å². The number of anilines is 2. The molecule has 0 atom stereocenters. The van der Waals surface area contributed by atoms with E-state index in [0.29, 0.717) is 22.8 Å². The lowest BCUT2D eigenvalue weighted by Crippen LogP contribution is -2.43. The minimum Gasteiger partial charge on any atom is -0.490 e. The van der Waals surface area contributed by atoms with Crippen LogP contribution in [0.5, 0.6) is 5.75 Å². The number of thiophene rings is 1. The van der Waals surface area contributed by atoms with Gasteiger partial charge < -0.3 is 24.7 Å². The van der Waals surface area contributed by atoms with Crippen molar-refractivity contribution in [2.45, 2.75) is 0 Å². The molecule has 1 saturated heterocycles. The van der Waals surface area contributed by atoms with Gasteiger partial charge in [-0.25, -0.2) is 0 Å². The molecule has 0 bridgehead atoms. The molecule has 1 fully saturated rings. The van der Waals surface area contributed by atoms with Crippen molar-refractivity contribution in [3.05, 3.63) is 39.9 Å². The molecule has 2 aliphatic rings. The fourth-order valence-corrected chi connectivity index (χ4v) is 4.39. The molecule has 0 spiro atoms. The van der Waals surface area contributed by atoms with E-state index in [4.69, 9.17) is 9.15 Å². The third kappa shape index (κ3) is 2.64. The zero-order valence-electron chi connectivity index (χ0n) is 14.2. The number of benzene rings is 1. The molecular formula is C19H19N3O3S. The topological polar surface area (TPSA) is 66.7 Å². The van der Waals surface area contributed by atoms with Gasteiger partial charge in [-0.15, -0.1) is 11.3 Å². The zero-order chi connectivity index (χ0) is 17.5. The van der Waals surface area contributed by atoms with Crippen molar-refractivity contribution < 1.29 is 9.15 Å². The van der Waals surface area contributed by atoms with Crippen LogP contribution in [0.4, 0.5) is 11.6 Å². The zero-order valence-corrected chi connectivity index (χ0v) is 15.0. The van der Waals surface area contributed by atoms with Crippen molar-refractivity contribution in [1.29, 1.82) is 0 Å². The predicted molar refractivity (Wildman–Crippen MR) is 105 cm³/mol. The van der Waals surface area contributed by atoms with Crippen LogP contribution in [-0.2, 0) is 0 Å². The number of piperazine rings is 1. The van der Waals surface area contributed by atoms with E-state index >= 15 is 0 Å². The molecule has 134 valence electrons. The smallest absolute Gasteiger partial charge is 0.204 e. The van der Waals surface area contributed by atoms with Crippen molar-refractivity contribution in [3.63, 3.8) is 0 Å². The predicted octanol–water partition coefficient (Wildman–Crippen LogP) is 2.74. The number of hydrogen-bond acceptors (Lipinski definition) is 7. The number of rotatable bonds is 2. The number of ether oxygens (including phenoxy) is 1. The van der Waals surface area contributed by atoms with Crippen LogP contribution in [0, 0.1) is 0 Å². The first-order chi connectivity index (χ1) is 12.8. The van der Waals surface area contributed by atoms with Gasteiger partial charge in [-0.2, -0.15) is 0 Å². The second-order valence-electron chi connectivity index (χ2n) is 6.48. The lowest BCUT2D eigenvalue weighted by atomic mass is 10.1. The fourth-order valence-electron chi connectivity index (χ4n) is 3.48. The average Bonchev–Trinajstić information content (AvgIpc) is 3.13. The van der Waals surface area contributed by atoms with Crippen molar-refractivity contribution in [2.24, 2.45) is 0 Å². The molecule has 4 heterocycles. The first-order valence-corrected chi connectivity index (χ1v) is 9.70. The minimum atomic E-state index is 0.0236. The third-order valence-electron chi connectivity index (χ3n) is 4.82. The molecule has 6 nitrogen and oxygen atoms in total. The molecule has 7 heteroatoms. The summed E-state index contributed by atoms with van der Waals surface area (Å²) < 4.78 is 12.5. The maximum atomic E-state index is 12.6. The highest BCUT2D eigenvalue weighted by molar-refractivity contribution is 7.17. The molecule has 3 aromatic rings. The number of nitrogens with one attached hydrogen (secondary N) is 2. The van der Waals surface area contributed by atoms with Gasteiger partial charge >= 0.3 is 0 Å². The first-order valence-electron chi connectivity index (χ1n) is 8.82. The third-order valence-corrected chi connectivity index (χ3v) is 5.80. The van der Waals surface area contributed by atoms with Crippen LogP contribution in [0.2, 0.25) is 0 Å². The van der Waals surface area contributed by atoms with Crippen LogP contribution in [-0.4, -0.2) is 39.3 Å². The Balaban J connectivity index is 1.62. The number of hydrogen-bond donors (Lipinski definition) is 2. The Kier molecular flexibility index (Phi) is 3.83. The summed E-state index contributed by atoms with van der Waals surface area (Å²) in [5, 5.41) is 8.68. The summed E-state index contributed by atoms with van der Waals surface area (Å²) in [7, 11) is 0. The van der Waals surface area contributed by atoms with E-state index in [0.717, 1.165) is 55.3 Å². The van der Waals surface area contributed by atoms with E-state index in [2.05, 4.69) is 21.6 Å². The van der Waals surface area contributed by atoms with Crippen molar-refractivity contribution in [3.8, 4) is 16.9 Å². The molecule has 5 rings (SSSR count). The van der Waals surface area contributed by atoms with Crippen LogP contribution in [0.1, 0.15) is 0 Å². The molecule has 2 aromatic heterocycles. The maximum absolute atomic E-state index is 12.6. The highest BCUT2D eigenvalue weighted by Gasteiger charge is 2.19. The van der Waals surface area contributed by atoms with Gasteiger partial charge in [0.05, 0.1) is 5.69 Å². The molecule has 0 aliphatic carbocycles. The Morgan fingerprint density at radius 1 is 1.12 bits per heavy atom. The van der Waals surface area contributed by atoms with Crippen molar-refractivity contribution in [1.82, 2.24) is 5.32 Å². The second kappa shape index (κ2) is 6.34. The van der Waals surface area contributed by atoms with E-state index in [-0.39, 0.29) is 5.43 Å². The summed E-state index contributed by atoms with van der Waals surface area (Å²) >= 11 is 1.44. The Hall–Kier alpha value is -2.51. The number of nitrogens with zero attached hydrogens (tertiary/aromatic N) is 1. The maximum Gasteiger partial charge on any atom is 0.204 e. The average molecular weight is 369 g/mol. The van der Waals surface area contributed by atoms with Gasteiger partial charge in [-0.1, -0.05) is 6.07 Å².